The quantitative estimate of drug-likeness (QED) is 0.715. The highest BCUT2D eigenvalue weighted by Crippen LogP contribution is 2.39. The molecule has 0 spiro atoms. The number of benzene rings is 2. The summed E-state index contributed by atoms with van der Waals surface area (Å²) in [6.45, 7) is 1.63. The Kier molecular flexibility index (Phi) is 5.46. The molecular formula is C23H26N2O6S. The van der Waals surface area contributed by atoms with Gasteiger partial charge in [-0.2, -0.15) is 0 Å². The van der Waals surface area contributed by atoms with Gasteiger partial charge < -0.3 is 19.1 Å². The van der Waals surface area contributed by atoms with Crippen LogP contribution in [0.3, 0.4) is 0 Å². The molecule has 1 unspecified atom stereocenters. The standard InChI is InChI=1S/C23H26N2O6S/c1-29-20-9-5-16(14-22(20)32(27,28)24-17-6-7-17)23(26)25-10-2-3-18(25)15-4-8-19-21(13-15)31-12-11-30-19/h4-5,8-9,13-14,17-18,24H,2-3,6-7,10-12H2,1H3. The van der Waals surface area contributed by atoms with E-state index in [4.69, 9.17) is 14.2 Å². The summed E-state index contributed by atoms with van der Waals surface area (Å²) < 4.78 is 44.9. The predicted molar refractivity (Wildman–Crippen MR) is 117 cm³/mol. The molecule has 2 aromatic rings. The van der Waals surface area contributed by atoms with Crippen LogP contribution in [0.25, 0.3) is 0 Å². The second kappa shape index (κ2) is 8.29. The van der Waals surface area contributed by atoms with Crippen molar-refractivity contribution in [2.24, 2.45) is 0 Å². The molecule has 8 nitrogen and oxygen atoms in total. The number of hydrogen-bond acceptors (Lipinski definition) is 6. The fraction of sp³-hybridized carbons (Fsp3) is 0.435. The molecule has 2 heterocycles. The fourth-order valence-corrected chi connectivity index (χ4v) is 5.79. The molecule has 2 aliphatic heterocycles. The monoisotopic (exact) mass is 458 g/mol. The number of hydrogen-bond donors (Lipinski definition) is 1. The van der Waals surface area contributed by atoms with Crippen LogP contribution in [0, 0.1) is 0 Å². The van der Waals surface area contributed by atoms with E-state index in [0.29, 0.717) is 36.8 Å². The van der Waals surface area contributed by atoms with E-state index in [2.05, 4.69) is 4.72 Å². The predicted octanol–water partition coefficient (Wildman–Crippen LogP) is 2.88. The zero-order valence-corrected chi connectivity index (χ0v) is 18.7. The maximum atomic E-state index is 13.4. The first kappa shape index (κ1) is 21.1. The third kappa shape index (κ3) is 4.02. The smallest absolute Gasteiger partial charge is 0.254 e. The van der Waals surface area contributed by atoms with E-state index in [1.807, 2.05) is 18.2 Å². The van der Waals surface area contributed by atoms with Crippen molar-refractivity contribution < 1.29 is 27.4 Å². The molecular weight excluding hydrogens is 432 g/mol. The number of amides is 1. The third-order valence-electron chi connectivity index (χ3n) is 6.06. The molecule has 1 N–H and O–H groups in total. The van der Waals surface area contributed by atoms with Gasteiger partial charge in [-0.3, -0.25) is 4.79 Å². The molecule has 0 aromatic heterocycles. The minimum Gasteiger partial charge on any atom is -0.495 e. The minimum atomic E-state index is -3.77. The maximum absolute atomic E-state index is 13.4. The van der Waals surface area contributed by atoms with Crippen LogP contribution in [0.1, 0.15) is 47.6 Å². The lowest BCUT2D eigenvalue weighted by Gasteiger charge is -2.27. The Balaban J connectivity index is 1.43. The topological polar surface area (TPSA) is 94.2 Å². The largest absolute Gasteiger partial charge is 0.495 e. The van der Waals surface area contributed by atoms with Gasteiger partial charge in [0.15, 0.2) is 11.5 Å². The zero-order valence-electron chi connectivity index (χ0n) is 17.9. The maximum Gasteiger partial charge on any atom is 0.254 e. The van der Waals surface area contributed by atoms with Crippen LogP contribution in [0.5, 0.6) is 17.2 Å². The molecule has 3 aliphatic rings. The number of nitrogens with zero attached hydrogens (tertiary/aromatic N) is 1. The van der Waals surface area contributed by atoms with E-state index in [0.717, 1.165) is 31.2 Å². The van der Waals surface area contributed by atoms with E-state index in [9.17, 15) is 13.2 Å². The molecule has 0 radical (unpaired) electrons. The number of carbonyl (C=O) groups is 1. The normalized spacial score (nSPS) is 20.3. The highest BCUT2D eigenvalue weighted by molar-refractivity contribution is 7.89. The van der Waals surface area contributed by atoms with Crippen LogP contribution in [0.2, 0.25) is 0 Å². The highest BCUT2D eigenvalue weighted by Gasteiger charge is 2.34. The zero-order chi connectivity index (χ0) is 22.3. The SMILES string of the molecule is COc1ccc(C(=O)N2CCCC2c2ccc3c(c2)OCCO3)cc1S(=O)(=O)NC1CC1. The Morgan fingerprint density at radius 1 is 1.06 bits per heavy atom. The van der Waals surface area contributed by atoms with Gasteiger partial charge in [0.05, 0.1) is 13.2 Å². The van der Waals surface area contributed by atoms with E-state index >= 15 is 0 Å². The lowest BCUT2D eigenvalue weighted by atomic mass is 10.0. The van der Waals surface area contributed by atoms with Crippen LogP contribution in [0.4, 0.5) is 0 Å². The first-order valence-corrected chi connectivity index (χ1v) is 12.4. The Labute approximate surface area is 187 Å². The summed E-state index contributed by atoms with van der Waals surface area (Å²) in [7, 11) is -2.35. The van der Waals surface area contributed by atoms with Crippen LogP contribution in [-0.2, 0) is 10.0 Å². The van der Waals surface area contributed by atoms with Crippen molar-refractivity contribution in [3.8, 4) is 17.2 Å². The van der Waals surface area contributed by atoms with Gasteiger partial charge in [0, 0.05) is 18.2 Å². The minimum absolute atomic E-state index is 0.00664. The first-order chi connectivity index (χ1) is 15.5. The number of methoxy groups -OCH3 is 1. The van der Waals surface area contributed by atoms with Gasteiger partial charge >= 0.3 is 0 Å². The first-order valence-electron chi connectivity index (χ1n) is 10.9. The molecule has 170 valence electrons. The van der Waals surface area contributed by atoms with Crippen molar-refractivity contribution in [3.63, 3.8) is 0 Å². The number of fused-ring (bicyclic) bond motifs is 1. The van der Waals surface area contributed by atoms with E-state index < -0.39 is 10.0 Å². The fourth-order valence-electron chi connectivity index (χ4n) is 4.29. The van der Waals surface area contributed by atoms with Crippen LogP contribution in [-0.4, -0.2) is 52.1 Å². The van der Waals surface area contributed by atoms with Gasteiger partial charge in [-0.25, -0.2) is 13.1 Å². The second-order valence-corrected chi connectivity index (χ2v) is 10.0. The molecule has 5 rings (SSSR count). The Hall–Kier alpha value is -2.78. The number of nitrogens with one attached hydrogen (secondary N) is 1. The molecule has 2 aromatic carbocycles. The van der Waals surface area contributed by atoms with Crippen molar-refractivity contribution in [2.75, 3.05) is 26.9 Å². The molecule has 1 atom stereocenters. The van der Waals surface area contributed by atoms with E-state index in [1.165, 1.54) is 13.2 Å². The van der Waals surface area contributed by atoms with Gasteiger partial charge in [0.25, 0.3) is 5.91 Å². The number of carbonyl (C=O) groups excluding carboxylic acids is 1. The average molecular weight is 459 g/mol. The van der Waals surface area contributed by atoms with Crippen molar-refractivity contribution in [2.45, 2.75) is 42.7 Å². The van der Waals surface area contributed by atoms with Crippen molar-refractivity contribution in [3.05, 3.63) is 47.5 Å². The molecule has 32 heavy (non-hydrogen) atoms. The van der Waals surface area contributed by atoms with Gasteiger partial charge in [-0.05, 0) is 61.6 Å². The average Bonchev–Trinajstić information content (AvgIpc) is 3.47. The van der Waals surface area contributed by atoms with Crippen molar-refractivity contribution in [1.82, 2.24) is 9.62 Å². The summed E-state index contributed by atoms with van der Waals surface area (Å²) in [4.78, 5) is 15.2. The lowest BCUT2D eigenvalue weighted by molar-refractivity contribution is 0.0735. The molecule has 1 amide bonds. The van der Waals surface area contributed by atoms with Gasteiger partial charge in [-0.15, -0.1) is 0 Å². The molecule has 1 saturated heterocycles. The molecule has 1 saturated carbocycles. The third-order valence-corrected chi connectivity index (χ3v) is 7.61. The summed E-state index contributed by atoms with van der Waals surface area (Å²) in [5.74, 6) is 1.42. The number of rotatable bonds is 6. The van der Waals surface area contributed by atoms with Crippen LogP contribution < -0.4 is 18.9 Å². The lowest BCUT2D eigenvalue weighted by Crippen LogP contribution is -2.31. The Bertz CT molecular complexity index is 1150. The number of ether oxygens (including phenoxy) is 3. The van der Waals surface area contributed by atoms with Crippen LogP contribution in [0.15, 0.2) is 41.3 Å². The summed E-state index contributed by atoms with van der Waals surface area (Å²) in [6.07, 6.45) is 3.35. The Morgan fingerprint density at radius 2 is 1.84 bits per heavy atom. The van der Waals surface area contributed by atoms with Gasteiger partial charge in [0.2, 0.25) is 10.0 Å². The van der Waals surface area contributed by atoms with Crippen LogP contribution >= 0.6 is 0 Å². The number of likely N-dealkylation sites (tertiary alicyclic amines) is 1. The van der Waals surface area contributed by atoms with Crippen molar-refractivity contribution in [1.29, 1.82) is 0 Å². The summed E-state index contributed by atoms with van der Waals surface area (Å²) >= 11 is 0. The van der Waals surface area contributed by atoms with Gasteiger partial charge in [-0.1, -0.05) is 6.07 Å². The highest BCUT2D eigenvalue weighted by atomic mass is 32.2. The van der Waals surface area contributed by atoms with Gasteiger partial charge in [0.1, 0.15) is 23.9 Å². The second-order valence-electron chi connectivity index (χ2n) is 8.32. The molecule has 1 aliphatic carbocycles. The molecule has 2 fully saturated rings. The Morgan fingerprint density at radius 3 is 2.59 bits per heavy atom. The molecule has 9 heteroatoms. The van der Waals surface area contributed by atoms with Crippen molar-refractivity contribution >= 4 is 15.9 Å². The summed E-state index contributed by atoms with van der Waals surface area (Å²) in [6, 6.07) is 10.2. The van der Waals surface area contributed by atoms with E-state index in [-0.39, 0.29) is 28.6 Å². The van der Waals surface area contributed by atoms with E-state index in [1.54, 1.807) is 17.0 Å². The number of sulfonamides is 1. The summed E-state index contributed by atoms with van der Waals surface area (Å²) in [5.41, 5.74) is 1.31. The molecule has 0 bridgehead atoms. The summed E-state index contributed by atoms with van der Waals surface area (Å²) in [5, 5.41) is 0.